The van der Waals surface area contributed by atoms with Gasteiger partial charge in [-0.25, -0.2) is 0 Å². The second-order valence-corrected chi connectivity index (χ2v) is 3.67. The number of ether oxygens (including phenoxy) is 1. The fourth-order valence-corrected chi connectivity index (χ4v) is 1.74. The summed E-state index contributed by atoms with van der Waals surface area (Å²) in [4.78, 5) is 15.1. The number of carbonyl (C=O) groups is 1. The summed E-state index contributed by atoms with van der Waals surface area (Å²) in [5.74, 6) is 0.773. The first-order valence-corrected chi connectivity index (χ1v) is 4.64. The summed E-state index contributed by atoms with van der Waals surface area (Å²) in [5.41, 5.74) is -0.0880. The first kappa shape index (κ1) is 9.66. The van der Waals surface area contributed by atoms with Crippen LogP contribution in [0.4, 0.5) is 0 Å². The van der Waals surface area contributed by atoms with E-state index in [0.29, 0.717) is 11.4 Å². The van der Waals surface area contributed by atoms with Crippen LogP contribution >= 0.6 is 0 Å². The largest absolute Gasteiger partial charge is 0.497 e. The van der Waals surface area contributed by atoms with Crippen molar-refractivity contribution >= 4 is 5.78 Å². The van der Waals surface area contributed by atoms with Gasteiger partial charge < -0.3 is 4.74 Å². The average molecular weight is 202 g/mol. The van der Waals surface area contributed by atoms with Crippen LogP contribution in [0, 0.1) is 11.3 Å². The Balaban J connectivity index is 2.36. The molecule has 1 aromatic rings. The lowest BCUT2D eigenvalue weighted by Crippen LogP contribution is -2.41. The van der Waals surface area contributed by atoms with E-state index in [1.807, 2.05) is 0 Å². The van der Waals surface area contributed by atoms with Gasteiger partial charge in [0.15, 0.2) is 0 Å². The summed E-state index contributed by atoms with van der Waals surface area (Å²) in [7, 11) is 1.56. The fourth-order valence-electron chi connectivity index (χ4n) is 1.74. The van der Waals surface area contributed by atoms with Crippen LogP contribution in [0.3, 0.4) is 0 Å². The van der Waals surface area contributed by atoms with Crippen molar-refractivity contribution in [2.24, 2.45) is 0 Å². The molecule has 4 nitrogen and oxygen atoms in total. The predicted molar refractivity (Wildman–Crippen MR) is 52.3 cm³/mol. The van der Waals surface area contributed by atoms with Crippen molar-refractivity contribution in [1.29, 1.82) is 5.26 Å². The molecule has 4 heteroatoms. The smallest absolute Gasteiger partial charge is 0.136 e. The molecule has 1 aromatic heterocycles. The van der Waals surface area contributed by atoms with Gasteiger partial charge >= 0.3 is 0 Å². The second-order valence-electron chi connectivity index (χ2n) is 3.67. The zero-order valence-corrected chi connectivity index (χ0v) is 8.36. The van der Waals surface area contributed by atoms with Crippen molar-refractivity contribution in [2.45, 2.75) is 18.3 Å². The third-order valence-corrected chi connectivity index (χ3v) is 2.67. The molecule has 0 N–H and O–H groups in total. The first-order chi connectivity index (χ1) is 7.20. The van der Waals surface area contributed by atoms with Crippen LogP contribution in [0.1, 0.15) is 18.5 Å². The van der Waals surface area contributed by atoms with Gasteiger partial charge in [0, 0.05) is 25.1 Å². The van der Waals surface area contributed by atoms with Gasteiger partial charge in [-0.05, 0) is 6.07 Å². The lowest BCUT2D eigenvalue weighted by molar-refractivity contribution is -0.126. The quantitative estimate of drug-likeness (QED) is 0.723. The molecule has 0 amide bonds. The number of aromatic nitrogens is 1. The minimum absolute atomic E-state index is 0.112. The lowest BCUT2D eigenvalue weighted by Gasteiger charge is -2.32. The van der Waals surface area contributed by atoms with Crippen LogP contribution in [-0.2, 0) is 10.2 Å². The molecule has 0 aromatic carbocycles. The number of Topliss-reactive ketones (excluding diaryl/α,β-unsaturated/α-hetero) is 1. The monoisotopic (exact) mass is 202 g/mol. The Morgan fingerprint density at radius 2 is 2.33 bits per heavy atom. The van der Waals surface area contributed by atoms with Gasteiger partial charge in [-0.3, -0.25) is 9.78 Å². The number of hydrogen-bond acceptors (Lipinski definition) is 4. The van der Waals surface area contributed by atoms with Crippen molar-refractivity contribution < 1.29 is 9.53 Å². The minimum atomic E-state index is -0.717. The summed E-state index contributed by atoms with van der Waals surface area (Å²) in [6.45, 7) is 0. The van der Waals surface area contributed by atoms with E-state index in [9.17, 15) is 4.79 Å². The third kappa shape index (κ3) is 1.46. The van der Waals surface area contributed by atoms with E-state index in [2.05, 4.69) is 11.1 Å². The molecular weight excluding hydrogens is 192 g/mol. The predicted octanol–water partition coefficient (Wildman–Crippen LogP) is 1.21. The SMILES string of the molecule is COc1ccnc(C2(C#N)CC(=O)C2)c1. The topological polar surface area (TPSA) is 63.0 Å². The van der Waals surface area contributed by atoms with Crippen LogP contribution in [0.2, 0.25) is 0 Å². The van der Waals surface area contributed by atoms with Crippen molar-refractivity contribution in [2.75, 3.05) is 7.11 Å². The maximum Gasteiger partial charge on any atom is 0.136 e. The molecule has 0 aliphatic heterocycles. The molecule has 1 aliphatic carbocycles. The van der Waals surface area contributed by atoms with Gasteiger partial charge in [-0.1, -0.05) is 0 Å². The van der Waals surface area contributed by atoms with E-state index in [0.717, 1.165) is 0 Å². The summed E-state index contributed by atoms with van der Waals surface area (Å²) >= 11 is 0. The zero-order chi connectivity index (χ0) is 10.9. The van der Waals surface area contributed by atoms with Gasteiger partial charge in [0.05, 0.1) is 18.9 Å². The molecule has 76 valence electrons. The highest BCUT2D eigenvalue weighted by molar-refractivity contribution is 5.89. The Bertz CT molecular complexity index is 440. The van der Waals surface area contributed by atoms with Gasteiger partial charge in [0.25, 0.3) is 0 Å². The Morgan fingerprint density at radius 1 is 1.60 bits per heavy atom. The van der Waals surface area contributed by atoms with E-state index in [-0.39, 0.29) is 18.6 Å². The average Bonchev–Trinajstić information content (AvgIpc) is 2.24. The molecule has 0 saturated heterocycles. The van der Waals surface area contributed by atoms with E-state index in [4.69, 9.17) is 10.00 Å². The molecule has 0 bridgehead atoms. The normalized spacial score (nSPS) is 17.7. The van der Waals surface area contributed by atoms with Crippen molar-refractivity contribution in [3.63, 3.8) is 0 Å². The minimum Gasteiger partial charge on any atom is -0.497 e. The highest BCUT2D eigenvalue weighted by Gasteiger charge is 2.46. The molecule has 1 heterocycles. The summed E-state index contributed by atoms with van der Waals surface area (Å²) in [6.07, 6.45) is 2.13. The van der Waals surface area contributed by atoms with Crippen molar-refractivity contribution in [3.8, 4) is 11.8 Å². The molecule has 15 heavy (non-hydrogen) atoms. The Labute approximate surface area is 87.5 Å². The number of nitrogens with zero attached hydrogens (tertiary/aromatic N) is 2. The molecule has 1 aliphatic rings. The highest BCUT2D eigenvalue weighted by Crippen LogP contribution is 2.40. The first-order valence-electron chi connectivity index (χ1n) is 4.64. The van der Waals surface area contributed by atoms with Gasteiger partial charge in [-0.15, -0.1) is 0 Å². The van der Waals surface area contributed by atoms with E-state index >= 15 is 0 Å². The number of carbonyl (C=O) groups excluding carboxylic acids is 1. The molecule has 1 fully saturated rings. The van der Waals surface area contributed by atoms with E-state index < -0.39 is 5.41 Å². The number of methoxy groups -OCH3 is 1. The number of ketones is 1. The Kier molecular flexibility index (Phi) is 2.16. The van der Waals surface area contributed by atoms with Crippen LogP contribution < -0.4 is 4.74 Å². The molecular formula is C11H10N2O2. The maximum atomic E-state index is 11.0. The number of nitriles is 1. The van der Waals surface area contributed by atoms with Crippen LogP contribution in [0.15, 0.2) is 18.3 Å². The molecule has 0 radical (unpaired) electrons. The maximum absolute atomic E-state index is 11.0. The Morgan fingerprint density at radius 3 is 2.87 bits per heavy atom. The highest BCUT2D eigenvalue weighted by atomic mass is 16.5. The fraction of sp³-hybridized carbons (Fsp3) is 0.364. The lowest BCUT2D eigenvalue weighted by atomic mass is 9.66. The molecule has 0 unspecified atom stereocenters. The number of pyridine rings is 1. The standard InChI is InChI=1S/C11H10N2O2/c1-15-9-2-3-13-10(4-9)11(7-12)5-8(14)6-11/h2-4H,5-6H2,1H3. The second kappa shape index (κ2) is 3.35. The molecule has 0 atom stereocenters. The molecule has 2 rings (SSSR count). The van der Waals surface area contributed by atoms with E-state index in [1.165, 1.54) is 0 Å². The van der Waals surface area contributed by atoms with Gasteiger partial charge in [-0.2, -0.15) is 5.26 Å². The number of hydrogen-bond donors (Lipinski definition) is 0. The Hall–Kier alpha value is -1.89. The van der Waals surface area contributed by atoms with Crippen LogP contribution in [0.5, 0.6) is 5.75 Å². The van der Waals surface area contributed by atoms with Crippen LogP contribution in [-0.4, -0.2) is 17.9 Å². The molecule has 0 spiro atoms. The summed E-state index contributed by atoms with van der Waals surface area (Å²) in [6, 6.07) is 5.61. The van der Waals surface area contributed by atoms with E-state index in [1.54, 1.807) is 25.4 Å². The van der Waals surface area contributed by atoms with Crippen molar-refractivity contribution in [3.05, 3.63) is 24.0 Å². The zero-order valence-electron chi connectivity index (χ0n) is 8.36. The third-order valence-electron chi connectivity index (χ3n) is 2.67. The van der Waals surface area contributed by atoms with Gasteiger partial charge in [0.1, 0.15) is 16.9 Å². The number of rotatable bonds is 2. The summed E-state index contributed by atoms with van der Waals surface area (Å²) in [5, 5.41) is 9.09. The summed E-state index contributed by atoms with van der Waals surface area (Å²) < 4.78 is 5.06. The van der Waals surface area contributed by atoms with Gasteiger partial charge in [0.2, 0.25) is 0 Å². The molecule has 1 saturated carbocycles. The van der Waals surface area contributed by atoms with Crippen LogP contribution in [0.25, 0.3) is 0 Å². The van der Waals surface area contributed by atoms with Crippen molar-refractivity contribution in [1.82, 2.24) is 4.98 Å².